The third kappa shape index (κ3) is 6.01. The molecule has 10 nitrogen and oxygen atoms in total. The van der Waals surface area contributed by atoms with Crippen molar-refractivity contribution in [1.82, 2.24) is 14.1 Å². The van der Waals surface area contributed by atoms with E-state index in [2.05, 4.69) is 5.32 Å². The number of esters is 1. The third-order valence-electron chi connectivity index (χ3n) is 5.54. The molecule has 0 saturated carbocycles. The van der Waals surface area contributed by atoms with E-state index in [0.717, 1.165) is 11.3 Å². The lowest BCUT2D eigenvalue weighted by molar-refractivity contribution is -0.117. The number of nitrogens with one attached hydrogen (secondary N) is 1. The monoisotopic (exact) mass is 542 g/mol. The zero-order valence-corrected chi connectivity index (χ0v) is 22.2. The van der Waals surface area contributed by atoms with Crippen molar-refractivity contribution >= 4 is 55.7 Å². The lowest BCUT2D eigenvalue weighted by Crippen LogP contribution is -2.50. The maximum atomic E-state index is 12.8. The zero-order chi connectivity index (χ0) is 25.9. The number of hydrogen-bond acceptors (Lipinski definition) is 8. The molecule has 0 bridgehead atoms. The number of piperazine rings is 1. The minimum atomic E-state index is -3.65. The number of ether oxygens (including phenoxy) is 1. The van der Waals surface area contributed by atoms with Crippen molar-refractivity contribution < 1.29 is 27.5 Å². The molecule has 0 atom stereocenters. The van der Waals surface area contributed by atoms with Crippen molar-refractivity contribution in [3.63, 3.8) is 0 Å². The van der Waals surface area contributed by atoms with E-state index in [0.29, 0.717) is 28.6 Å². The summed E-state index contributed by atoms with van der Waals surface area (Å²) in [5, 5.41) is 3.42. The van der Waals surface area contributed by atoms with E-state index in [1.165, 1.54) is 40.6 Å². The summed E-state index contributed by atoms with van der Waals surface area (Å²) in [6, 6.07) is 5.99. The Morgan fingerprint density at radius 2 is 1.71 bits per heavy atom. The molecular weight excluding hydrogens is 516 g/mol. The highest BCUT2D eigenvalue weighted by atomic mass is 35.5. The minimum absolute atomic E-state index is 0.00333. The molecule has 0 spiro atoms. The standard InChI is InChI=1S/C22H27ClN4O6S2/c1-14-18(22(30)33-4)20(34-19(14)21(29)25(2)3)24-17(28)13-26-9-11-27(12-10-26)35(31,32)16-7-5-15(23)6-8-16/h5-8H,9-13H2,1-4H3,(H,24,28). The van der Waals surface area contributed by atoms with Gasteiger partial charge in [0.1, 0.15) is 5.00 Å². The fourth-order valence-corrected chi connectivity index (χ4v) is 6.39. The number of benzene rings is 1. The van der Waals surface area contributed by atoms with Crippen LogP contribution in [0.4, 0.5) is 5.00 Å². The van der Waals surface area contributed by atoms with Crippen molar-refractivity contribution in [2.24, 2.45) is 0 Å². The predicted molar refractivity (Wildman–Crippen MR) is 134 cm³/mol. The molecule has 0 aliphatic carbocycles. The van der Waals surface area contributed by atoms with Crippen LogP contribution in [0.3, 0.4) is 0 Å². The summed E-state index contributed by atoms with van der Waals surface area (Å²) < 4.78 is 31.9. The quantitative estimate of drug-likeness (QED) is 0.533. The predicted octanol–water partition coefficient (Wildman–Crippen LogP) is 2.14. The first-order valence-corrected chi connectivity index (χ1v) is 13.3. The van der Waals surface area contributed by atoms with Gasteiger partial charge in [-0.2, -0.15) is 4.31 Å². The average Bonchev–Trinajstić information content (AvgIpc) is 3.13. The lowest BCUT2D eigenvalue weighted by Gasteiger charge is -2.33. The van der Waals surface area contributed by atoms with Gasteiger partial charge in [0.2, 0.25) is 15.9 Å². The van der Waals surface area contributed by atoms with E-state index in [1.54, 1.807) is 21.0 Å². The first-order valence-electron chi connectivity index (χ1n) is 10.7. The van der Waals surface area contributed by atoms with Crippen molar-refractivity contribution in [2.45, 2.75) is 11.8 Å². The second-order valence-electron chi connectivity index (χ2n) is 8.13. The molecule has 190 valence electrons. The molecule has 2 heterocycles. The molecule has 1 aliphatic rings. The van der Waals surface area contributed by atoms with Gasteiger partial charge in [0.05, 0.1) is 29.0 Å². The number of methoxy groups -OCH3 is 1. The summed E-state index contributed by atoms with van der Waals surface area (Å²) in [6.45, 7) is 2.81. The summed E-state index contributed by atoms with van der Waals surface area (Å²) in [7, 11) is 0.783. The largest absolute Gasteiger partial charge is 0.465 e. The van der Waals surface area contributed by atoms with Gasteiger partial charge in [-0.3, -0.25) is 14.5 Å². The molecule has 1 aromatic carbocycles. The van der Waals surface area contributed by atoms with Crippen LogP contribution in [-0.4, -0.2) is 94.2 Å². The van der Waals surface area contributed by atoms with Crippen LogP contribution in [-0.2, 0) is 19.6 Å². The summed E-state index contributed by atoms with van der Waals surface area (Å²) >= 11 is 6.87. The highest BCUT2D eigenvalue weighted by Crippen LogP contribution is 2.34. The van der Waals surface area contributed by atoms with E-state index >= 15 is 0 Å². The van der Waals surface area contributed by atoms with Gasteiger partial charge in [0.25, 0.3) is 5.91 Å². The van der Waals surface area contributed by atoms with Gasteiger partial charge in [0.15, 0.2) is 0 Å². The van der Waals surface area contributed by atoms with Crippen molar-refractivity contribution in [2.75, 3.05) is 59.2 Å². The zero-order valence-electron chi connectivity index (χ0n) is 19.8. The van der Waals surface area contributed by atoms with Gasteiger partial charge >= 0.3 is 5.97 Å². The average molecular weight is 543 g/mol. The van der Waals surface area contributed by atoms with E-state index < -0.39 is 16.0 Å². The number of amides is 2. The second-order valence-corrected chi connectivity index (χ2v) is 11.5. The van der Waals surface area contributed by atoms with E-state index in [9.17, 15) is 22.8 Å². The topological polar surface area (TPSA) is 116 Å². The summed E-state index contributed by atoms with van der Waals surface area (Å²) in [4.78, 5) is 41.3. The molecule has 1 aromatic heterocycles. The molecule has 3 rings (SSSR count). The molecule has 1 saturated heterocycles. The summed E-state index contributed by atoms with van der Waals surface area (Å²) in [5.41, 5.74) is 0.590. The number of carbonyl (C=O) groups excluding carboxylic acids is 3. The second kappa shape index (κ2) is 11.0. The van der Waals surface area contributed by atoms with Crippen LogP contribution in [0, 0.1) is 6.92 Å². The Morgan fingerprint density at radius 1 is 1.11 bits per heavy atom. The molecule has 0 radical (unpaired) electrons. The van der Waals surface area contributed by atoms with Crippen molar-refractivity contribution in [1.29, 1.82) is 0 Å². The van der Waals surface area contributed by atoms with Gasteiger partial charge < -0.3 is 15.0 Å². The van der Waals surface area contributed by atoms with Gasteiger partial charge in [0, 0.05) is 45.3 Å². The minimum Gasteiger partial charge on any atom is -0.465 e. The Morgan fingerprint density at radius 3 is 2.26 bits per heavy atom. The van der Waals surface area contributed by atoms with Crippen LogP contribution >= 0.6 is 22.9 Å². The number of hydrogen-bond donors (Lipinski definition) is 1. The van der Waals surface area contributed by atoms with Crippen molar-refractivity contribution in [3.05, 3.63) is 45.3 Å². The van der Waals surface area contributed by atoms with E-state index in [4.69, 9.17) is 16.3 Å². The number of thiophene rings is 1. The molecule has 13 heteroatoms. The molecule has 1 aliphatic heterocycles. The maximum absolute atomic E-state index is 12.8. The summed E-state index contributed by atoms with van der Waals surface area (Å²) in [6.07, 6.45) is 0. The number of carbonyl (C=O) groups is 3. The molecule has 2 amide bonds. The third-order valence-corrected chi connectivity index (χ3v) is 8.90. The summed E-state index contributed by atoms with van der Waals surface area (Å²) in [5.74, 6) is -1.31. The molecule has 1 fully saturated rings. The Labute approximate surface area is 213 Å². The maximum Gasteiger partial charge on any atom is 0.341 e. The Hall–Kier alpha value is -2.51. The van der Waals surface area contributed by atoms with Gasteiger partial charge in [-0.1, -0.05) is 11.6 Å². The smallest absolute Gasteiger partial charge is 0.341 e. The molecule has 0 unspecified atom stereocenters. The molecule has 1 N–H and O–H groups in total. The van der Waals surface area contributed by atoms with Crippen LogP contribution < -0.4 is 5.32 Å². The van der Waals surface area contributed by atoms with Gasteiger partial charge in [-0.15, -0.1) is 11.3 Å². The normalized spacial score (nSPS) is 15.0. The Kier molecular flexibility index (Phi) is 8.54. The van der Waals surface area contributed by atoms with Crippen LogP contribution in [0.15, 0.2) is 29.2 Å². The number of nitrogens with zero attached hydrogens (tertiary/aromatic N) is 3. The van der Waals surface area contributed by atoms with E-state index in [-0.39, 0.29) is 46.9 Å². The van der Waals surface area contributed by atoms with Crippen LogP contribution in [0.1, 0.15) is 25.6 Å². The lowest BCUT2D eigenvalue weighted by atomic mass is 10.1. The van der Waals surface area contributed by atoms with Crippen LogP contribution in [0.5, 0.6) is 0 Å². The van der Waals surface area contributed by atoms with E-state index in [1.807, 2.05) is 4.90 Å². The fourth-order valence-electron chi connectivity index (χ4n) is 3.61. The fraction of sp³-hybridized carbons (Fsp3) is 0.409. The number of rotatable bonds is 7. The first kappa shape index (κ1) is 27.1. The SMILES string of the molecule is COC(=O)c1c(NC(=O)CN2CCN(S(=O)(=O)c3ccc(Cl)cc3)CC2)sc(C(=O)N(C)C)c1C. The highest BCUT2D eigenvalue weighted by molar-refractivity contribution is 7.89. The number of halogens is 1. The molecule has 2 aromatic rings. The van der Waals surface area contributed by atoms with Gasteiger partial charge in [-0.05, 0) is 36.8 Å². The van der Waals surface area contributed by atoms with Gasteiger partial charge in [-0.25, -0.2) is 13.2 Å². The van der Waals surface area contributed by atoms with Crippen molar-refractivity contribution in [3.8, 4) is 0 Å². The Bertz CT molecular complexity index is 1220. The highest BCUT2D eigenvalue weighted by Gasteiger charge is 2.30. The Balaban J connectivity index is 1.66. The first-order chi connectivity index (χ1) is 16.4. The molecule has 35 heavy (non-hydrogen) atoms. The van der Waals surface area contributed by atoms with Crippen LogP contribution in [0.2, 0.25) is 5.02 Å². The number of sulfonamides is 1. The molecular formula is C22H27ClN4O6S2. The van der Waals surface area contributed by atoms with Crippen LogP contribution in [0.25, 0.3) is 0 Å². The number of anilines is 1.